The lowest BCUT2D eigenvalue weighted by molar-refractivity contribution is -0.136. The first-order valence-corrected chi connectivity index (χ1v) is 11.6. The third-order valence-corrected chi connectivity index (χ3v) is 6.01. The van der Waals surface area contributed by atoms with Gasteiger partial charge in [-0.25, -0.2) is 4.79 Å². The minimum atomic E-state index is -0.631. The summed E-state index contributed by atoms with van der Waals surface area (Å²) in [6.07, 6.45) is 2.63. The highest BCUT2D eigenvalue weighted by Gasteiger charge is 2.24. The molecular formula is C28H29NO7. The SMILES string of the molecule is COc1cccc(C=CC(=O)OCC(=O)c2cc(C)n(CC3COc4ccccc4O3)c2C)c1OC. The Kier molecular flexibility index (Phi) is 7.63. The summed E-state index contributed by atoms with van der Waals surface area (Å²) in [7, 11) is 3.06. The topological polar surface area (TPSA) is 85.2 Å². The van der Waals surface area contributed by atoms with Crippen LogP contribution < -0.4 is 18.9 Å². The van der Waals surface area contributed by atoms with E-state index in [0.29, 0.717) is 41.5 Å². The molecule has 0 aliphatic carbocycles. The summed E-state index contributed by atoms with van der Waals surface area (Å²) in [5.74, 6) is 1.58. The minimum Gasteiger partial charge on any atom is -0.493 e. The second kappa shape index (κ2) is 11.0. The van der Waals surface area contributed by atoms with Crippen LogP contribution in [0.15, 0.2) is 54.6 Å². The third kappa shape index (κ3) is 5.38. The van der Waals surface area contributed by atoms with Crippen molar-refractivity contribution in [3.63, 3.8) is 0 Å². The Morgan fingerprint density at radius 3 is 2.58 bits per heavy atom. The second-order valence-electron chi connectivity index (χ2n) is 8.34. The molecule has 0 saturated carbocycles. The number of aromatic nitrogens is 1. The fourth-order valence-electron chi connectivity index (χ4n) is 4.18. The quantitative estimate of drug-likeness (QED) is 0.249. The zero-order valence-corrected chi connectivity index (χ0v) is 20.8. The van der Waals surface area contributed by atoms with Crippen molar-refractivity contribution in [3.8, 4) is 23.0 Å². The molecule has 1 atom stereocenters. The van der Waals surface area contributed by atoms with E-state index in [2.05, 4.69) is 0 Å². The zero-order valence-electron chi connectivity index (χ0n) is 20.8. The van der Waals surface area contributed by atoms with Crippen LogP contribution in [0.25, 0.3) is 6.08 Å². The number of ketones is 1. The highest BCUT2D eigenvalue weighted by molar-refractivity contribution is 6.00. The Hall–Kier alpha value is -4.20. The van der Waals surface area contributed by atoms with Crippen molar-refractivity contribution < 1.29 is 33.3 Å². The largest absolute Gasteiger partial charge is 0.493 e. The predicted octanol–water partition coefficient (Wildman–Crippen LogP) is 4.40. The van der Waals surface area contributed by atoms with Gasteiger partial charge in [0.05, 0.1) is 20.8 Å². The zero-order chi connectivity index (χ0) is 25.7. The summed E-state index contributed by atoms with van der Waals surface area (Å²) in [4.78, 5) is 25.1. The number of hydrogen-bond acceptors (Lipinski definition) is 7. The number of Topliss-reactive ketones (excluding diaryl/α,β-unsaturated/α-hetero) is 1. The van der Waals surface area contributed by atoms with Crippen molar-refractivity contribution in [3.05, 3.63) is 77.1 Å². The molecule has 1 unspecified atom stereocenters. The number of para-hydroxylation sites is 3. The monoisotopic (exact) mass is 491 g/mol. The number of benzene rings is 2. The van der Waals surface area contributed by atoms with Crippen molar-refractivity contribution >= 4 is 17.8 Å². The first kappa shape index (κ1) is 24.9. The van der Waals surface area contributed by atoms with Gasteiger partial charge >= 0.3 is 5.97 Å². The van der Waals surface area contributed by atoms with Crippen molar-refractivity contribution in [2.75, 3.05) is 27.4 Å². The Labute approximate surface area is 210 Å². The second-order valence-corrected chi connectivity index (χ2v) is 8.34. The van der Waals surface area contributed by atoms with Crippen LogP contribution in [-0.4, -0.2) is 49.9 Å². The molecule has 1 aromatic heterocycles. The van der Waals surface area contributed by atoms with Gasteiger partial charge in [-0.15, -0.1) is 0 Å². The van der Waals surface area contributed by atoms with Crippen LogP contribution in [0.2, 0.25) is 0 Å². The fraction of sp³-hybridized carbons (Fsp3) is 0.286. The molecule has 1 aliphatic heterocycles. The molecular weight excluding hydrogens is 462 g/mol. The number of rotatable bonds is 9. The number of aryl methyl sites for hydroxylation is 1. The Morgan fingerprint density at radius 2 is 1.83 bits per heavy atom. The Morgan fingerprint density at radius 1 is 1.06 bits per heavy atom. The van der Waals surface area contributed by atoms with E-state index in [0.717, 1.165) is 17.1 Å². The molecule has 0 saturated heterocycles. The van der Waals surface area contributed by atoms with E-state index >= 15 is 0 Å². The first-order valence-electron chi connectivity index (χ1n) is 11.6. The number of ether oxygens (including phenoxy) is 5. The van der Waals surface area contributed by atoms with Gasteiger partial charge in [0.25, 0.3) is 0 Å². The smallest absolute Gasteiger partial charge is 0.331 e. The predicted molar refractivity (Wildman–Crippen MR) is 134 cm³/mol. The summed E-state index contributed by atoms with van der Waals surface area (Å²) in [5, 5.41) is 0. The molecule has 2 aromatic carbocycles. The molecule has 0 spiro atoms. The number of esters is 1. The van der Waals surface area contributed by atoms with Crippen LogP contribution in [0.5, 0.6) is 23.0 Å². The first-order chi connectivity index (χ1) is 17.4. The Balaban J connectivity index is 1.37. The third-order valence-electron chi connectivity index (χ3n) is 6.01. The molecule has 1 aliphatic rings. The summed E-state index contributed by atoms with van der Waals surface area (Å²) in [6, 6.07) is 14.7. The molecule has 8 heteroatoms. The molecule has 36 heavy (non-hydrogen) atoms. The van der Waals surface area contributed by atoms with Crippen LogP contribution in [0.3, 0.4) is 0 Å². The number of nitrogens with zero attached hydrogens (tertiary/aromatic N) is 1. The summed E-state index contributed by atoms with van der Waals surface area (Å²) >= 11 is 0. The summed E-state index contributed by atoms with van der Waals surface area (Å²) < 4.78 is 29.7. The van der Waals surface area contributed by atoms with Gasteiger partial charge in [-0.3, -0.25) is 4.79 Å². The minimum absolute atomic E-state index is 0.191. The maximum Gasteiger partial charge on any atom is 0.331 e. The molecule has 0 N–H and O–H groups in total. The lowest BCUT2D eigenvalue weighted by atomic mass is 10.1. The van der Waals surface area contributed by atoms with Crippen molar-refractivity contribution in [1.82, 2.24) is 4.57 Å². The van der Waals surface area contributed by atoms with E-state index in [-0.39, 0.29) is 18.5 Å². The van der Waals surface area contributed by atoms with Crippen LogP contribution in [-0.2, 0) is 16.1 Å². The number of hydrogen-bond donors (Lipinski definition) is 0. The van der Waals surface area contributed by atoms with E-state index < -0.39 is 5.97 Å². The van der Waals surface area contributed by atoms with E-state index in [9.17, 15) is 9.59 Å². The normalized spacial score (nSPS) is 14.5. The average molecular weight is 492 g/mol. The number of carbonyl (C=O) groups excluding carboxylic acids is 2. The van der Waals surface area contributed by atoms with E-state index in [1.807, 2.05) is 42.7 Å². The average Bonchev–Trinajstić information content (AvgIpc) is 3.18. The Bertz CT molecular complexity index is 1290. The number of carbonyl (C=O) groups is 2. The van der Waals surface area contributed by atoms with E-state index in [4.69, 9.17) is 23.7 Å². The highest BCUT2D eigenvalue weighted by Crippen LogP contribution is 2.32. The van der Waals surface area contributed by atoms with Gasteiger partial charge in [-0.2, -0.15) is 0 Å². The van der Waals surface area contributed by atoms with Crippen LogP contribution in [0.1, 0.15) is 27.3 Å². The highest BCUT2D eigenvalue weighted by atomic mass is 16.6. The van der Waals surface area contributed by atoms with E-state index in [1.165, 1.54) is 20.3 Å². The van der Waals surface area contributed by atoms with Gasteiger partial charge in [0.2, 0.25) is 5.78 Å². The molecule has 0 radical (unpaired) electrons. The molecule has 3 aromatic rings. The van der Waals surface area contributed by atoms with Gasteiger partial charge in [-0.05, 0) is 44.2 Å². The van der Waals surface area contributed by atoms with Crippen LogP contribution in [0.4, 0.5) is 0 Å². The lowest BCUT2D eigenvalue weighted by Crippen LogP contribution is -2.33. The molecule has 2 heterocycles. The van der Waals surface area contributed by atoms with E-state index in [1.54, 1.807) is 30.3 Å². The lowest BCUT2D eigenvalue weighted by Gasteiger charge is -2.27. The molecule has 4 rings (SSSR count). The van der Waals surface area contributed by atoms with Gasteiger partial charge in [-0.1, -0.05) is 24.3 Å². The number of methoxy groups -OCH3 is 2. The van der Waals surface area contributed by atoms with Crippen molar-refractivity contribution in [2.24, 2.45) is 0 Å². The molecule has 0 amide bonds. The maximum absolute atomic E-state index is 12.8. The van der Waals surface area contributed by atoms with Gasteiger partial charge in [0, 0.05) is 28.6 Å². The molecule has 8 nitrogen and oxygen atoms in total. The molecule has 188 valence electrons. The van der Waals surface area contributed by atoms with Crippen LogP contribution in [0, 0.1) is 13.8 Å². The summed E-state index contributed by atoms with van der Waals surface area (Å²) in [6.45, 7) is 4.38. The van der Waals surface area contributed by atoms with Crippen LogP contribution >= 0.6 is 0 Å². The molecule has 0 fully saturated rings. The van der Waals surface area contributed by atoms with Gasteiger partial charge in [0.15, 0.2) is 35.7 Å². The van der Waals surface area contributed by atoms with Gasteiger partial charge < -0.3 is 28.3 Å². The van der Waals surface area contributed by atoms with Gasteiger partial charge in [0.1, 0.15) is 6.61 Å². The maximum atomic E-state index is 12.8. The summed E-state index contributed by atoms with van der Waals surface area (Å²) in [5.41, 5.74) is 2.86. The van der Waals surface area contributed by atoms with Crippen molar-refractivity contribution in [1.29, 1.82) is 0 Å². The standard InChI is InChI=1S/C28H29NO7/c1-18-14-22(19(2)29(18)15-21-16-34-24-9-5-6-10-25(24)36-21)23(30)17-35-27(31)13-12-20-8-7-11-26(32-3)28(20)33-4/h5-14,21H,15-17H2,1-4H3. The molecule has 0 bridgehead atoms. The number of fused-ring (bicyclic) bond motifs is 1. The fourth-order valence-corrected chi connectivity index (χ4v) is 4.18. The van der Waals surface area contributed by atoms with Crippen molar-refractivity contribution in [2.45, 2.75) is 26.5 Å².